The molecule has 0 aliphatic carbocycles. The van der Waals surface area contributed by atoms with Gasteiger partial charge in [0.05, 0.1) is 25.9 Å². The van der Waals surface area contributed by atoms with Gasteiger partial charge in [0.15, 0.2) is 5.11 Å². The van der Waals surface area contributed by atoms with Crippen LogP contribution in [0.3, 0.4) is 0 Å². The number of anilines is 1. The molecule has 1 fully saturated rings. The van der Waals surface area contributed by atoms with E-state index in [2.05, 4.69) is 10.4 Å². The molecule has 37 heavy (non-hydrogen) atoms. The Balaban J connectivity index is 1.62. The van der Waals surface area contributed by atoms with E-state index < -0.39 is 24.2 Å². The number of amides is 1. The quantitative estimate of drug-likeness (QED) is 0.223. The van der Waals surface area contributed by atoms with Gasteiger partial charge in [0.25, 0.3) is 18.8 Å². The number of hydrogen-bond donors (Lipinski definition) is 1. The molecular formula is C25H22F4N4O3S. The second kappa shape index (κ2) is 11.0. The molecule has 0 unspecified atom stereocenters. The van der Waals surface area contributed by atoms with E-state index in [-0.39, 0.29) is 23.3 Å². The molecule has 1 aliphatic rings. The second-order valence-electron chi connectivity index (χ2n) is 7.88. The van der Waals surface area contributed by atoms with Gasteiger partial charge in [-0.3, -0.25) is 14.4 Å². The molecule has 1 saturated heterocycles. The molecule has 3 aromatic rings. The molecule has 1 aromatic heterocycles. The fourth-order valence-corrected chi connectivity index (χ4v) is 4.13. The summed E-state index contributed by atoms with van der Waals surface area (Å²) in [5, 5.41) is 6.71. The van der Waals surface area contributed by atoms with Gasteiger partial charge in [-0.05, 0) is 73.2 Å². The summed E-state index contributed by atoms with van der Waals surface area (Å²) in [6.45, 7) is 2.13. The van der Waals surface area contributed by atoms with Gasteiger partial charge in [0, 0.05) is 5.56 Å². The highest BCUT2D eigenvalue weighted by Crippen LogP contribution is 2.29. The van der Waals surface area contributed by atoms with Crippen molar-refractivity contribution in [3.63, 3.8) is 0 Å². The van der Waals surface area contributed by atoms with E-state index in [1.807, 2.05) is 6.92 Å². The first-order valence-electron chi connectivity index (χ1n) is 11.1. The Bertz CT molecular complexity index is 1340. The van der Waals surface area contributed by atoms with Crippen LogP contribution in [0.2, 0.25) is 0 Å². The first-order chi connectivity index (χ1) is 17.7. The number of aromatic nitrogens is 2. The van der Waals surface area contributed by atoms with Crippen LogP contribution >= 0.6 is 12.2 Å². The van der Waals surface area contributed by atoms with Gasteiger partial charge in [-0.25, -0.2) is 17.6 Å². The summed E-state index contributed by atoms with van der Waals surface area (Å²) in [5.74, 6) is 0.611. The highest BCUT2D eigenvalue weighted by molar-refractivity contribution is 7.80. The zero-order valence-electron chi connectivity index (χ0n) is 19.8. The highest BCUT2D eigenvalue weighted by atomic mass is 32.1. The molecule has 2 aromatic carbocycles. The summed E-state index contributed by atoms with van der Waals surface area (Å²) in [7, 11) is 1.40. The number of nitrogens with one attached hydrogen (secondary N) is 1. The van der Waals surface area contributed by atoms with Gasteiger partial charge >= 0.3 is 0 Å². The Morgan fingerprint density at radius 1 is 1.08 bits per heavy atom. The SMILES string of the molecule is CCOc1ccc(N2C(=O)/C(=C\c3ccc(OC)c(Cn4nc(C(F)F)cc4C(F)F)c3)NC2=S)cc1. The molecular weight excluding hydrogens is 512 g/mol. The number of carbonyl (C=O) groups excluding carboxylic acids is 1. The molecule has 1 aliphatic heterocycles. The van der Waals surface area contributed by atoms with E-state index in [1.54, 1.807) is 48.5 Å². The van der Waals surface area contributed by atoms with Crippen LogP contribution in [0.4, 0.5) is 23.2 Å². The van der Waals surface area contributed by atoms with E-state index in [4.69, 9.17) is 21.7 Å². The van der Waals surface area contributed by atoms with Crippen LogP contribution in [-0.4, -0.2) is 34.5 Å². The van der Waals surface area contributed by atoms with Crippen molar-refractivity contribution < 1.29 is 31.8 Å². The van der Waals surface area contributed by atoms with Gasteiger partial charge in [-0.2, -0.15) is 5.10 Å². The Labute approximate surface area is 215 Å². The number of alkyl halides is 4. The third-order valence-electron chi connectivity index (χ3n) is 5.50. The number of methoxy groups -OCH3 is 1. The summed E-state index contributed by atoms with van der Waals surface area (Å²) in [5.41, 5.74) is 0.309. The maximum atomic E-state index is 13.4. The minimum Gasteiger partial charge on any atom is -0.496 e. The number of halogens is 4. The molecule has 7 nitrogen and oxygen atoms in total. The van der Waals surface area contributed by atoms with Crippen LogP contribution in [0, 0.1) is 0 Å². The average Bonchev–Trinajstić information content (AvgIpc) is 3.41. The first-order valence-corrected chi connectivity index (χ1v) is 11.5. The van der Waals surface area contributed by atoms with E-state index in [9.17, 15) is 22.4 Å². The smallest absolute Gasteiger partial charge is 0.282 e. The maximum Gasteiger partial charge on any atom is 0.282 e. The van der Waals surface area contributed by atoms with Gasteiger partial charge in [0.2, 0.25) is 0 Å². The summed E-state index contributed by atoms with van der Waals surface area (Å²) in [6.07, 6.45) is -4.43. The van der Waals surface area contributed by atoms with Crippen molar-refractivity contribution in [1.29, 1.82) is 0 Å². The zero-order valence-corrected chi connectivity index (χ0v) is 20.6. The van der Waals surface area contributed by atoms with Crippen LogP contribution in [-0.2, 0) is 11.3 Å². The molecule has 12 heteroatoms. The minimum atomic E-state index is -2.99. The molecule has 0 atom stereocenters. The maximum absolute atomic E-state index is 13.4. The van der Waals surface area contributed by atoms with Gasteiger partial charge in [0.1, 0.15) is 28.6 Å². The van der Waals surface area contributed by atoms with E-state index in [1.165, 1.54) is 12.0 Å². The monoisotopic (exact) mass is 534 g/mol. The fourth-order valence-electron chi connectivity index (χ4n) is 3.83. The molecule has 0 spiro atoms. The van der Waals surface area contributed by atoms with Crippen LogP contribution in [0.25, 0.3) is 6.08 Å². The summed E-state index contributed by atoms with van der Waals surface area (Å²) in [6, 6.07) is 12.4. The van der Waals surface area contributed by atoms with Crippen molar-refractivity contribution in [2.75, 3.05) is 18.6 Å². The van der Waals surface area contributed by atoms with Crippen molar-refractivity contribution in [2.45, 2.75) is 26.3 Å². The lowest BCUT2D eigenvalue weighted by atomic mass is 10.1. The zero-order chi connectivity index (χ0) is 26.7. The highest BCUT2D eigenvalue weighted by Gasteiger charge is 2.32. The standard InChI is InChI=1S/C25H22F4N4O3S/c1-3-36-17-7-5-16(6-8-17)33-24(34)19(30-25(33)37)11-14-4-9-21(35-2)15(10-14)13-32-20(23(28)29)12-18(31-32)22(26)27/h4-12,22-23H,3,13H2,1-2H3,(H,30,37)/b19-11+. The van der Waals surface area contributed by atoms with Crippen molar-refractivity contribution >= 4 is 35.0 Å². The van der Waals surface area contributed by atoms with Crippen LogP contribution < -0.4 is 19.7 Å². The third kappa shape index (κ3) is 5.58. The van der Waals surface area contributed by atoms with Gasteiger partial charge < -0.3 is 14.8 Å². The number of benzene rings is 2. The van der Waals surface area contributed by atoms with E-state index in [0.717, 1.165) is 4.68 Å². The molecule has 0 radical (unpaired) electrons. The number of rotatable bonds is 9. The summed E-state index contributed by atoms with van der Waals surface area (Å²) in [4.78, 5) is 14.4. The lowest BCUT2D eigenvalue weighted by molar-refractivity contribution is -0.113. The summed E-state index contributed by atoms with van der Waals surface area (Å²) < 4.78 is 64.6. The van der Waals surface area contributed by atoms with Crippen molar-refractivity contribution in [3.05, 3.63) is 76.7 Å². The molecule has 1 N–H and O–H groups in total. The van der Waals surface area contributed by atoms with Gasteiger partial charge in [-0.15, -0.1) is 0 Å². The van der Waals surface area contributed by atoms with Crippen molar-refractivity contribution in [2.24, 2.45) is 0 Å². The minimum absolute atomic E-state index is 0.187. The number of hydrogen-bond acceptors (Lipinski definition) is 5. The fraction of sp³-hybridized carbons (Fsp3) is 0.240. The molecule has 0 bridgehead atoms. The number of carbonyl (C=O) groups is 1. The van der Waals surface area contributed by atoms with Crippen LogP contribution in [0.15, 0.2) is 54.2 Å². The lowest BCUT2D eigenvalue weighted by Crippen LogP contribution is -2.30. The number of thiocarbonyl (C=S) groups is 1. The second-order valence-corrected chi connectivity index (χ2v) is 8.27. The van der Waals surface area contributed by atoms with E-state index >= 15 is 0 Å². The number of ether oxygens (including phenoxy) is 2. The molecule has 0 saturated carbocycles. The van der Waals surface area contributed by atoms with Crippen molar-refractivity contribution in [3.8, 4) is 11.5 Å². The summed E-state index contributed by atoms with van der Waals surface area (Å²) >= 11 is 5.35. The Hall–Kier alpha value is -3.93. The molecule has 194 valence electrons. The molecule has 4 rings (SSSR count). The Morgan fingerprint density at radius 2 is 1.81 bits per heavy atom. The molecule has 1 amide bonds. The first kappa shape index (κ1) is 26.1. The predicted molar refractivity (Wildman–Crippen MR) is 133 cm³/mol. The topological polar surface area (TPSA) is 68.6 Å². The van der Waals surface area contributed by atoms with Crippen molar-refractivity contribution in [1.82, 2.24) is 15.1 Å². The molecule has 2 heterocycles. The third-order valence-corrected chi connectivity index (χ3v) is 5.78. The Morgan fingerprint density at radius 3 is 2.43 bits per heavy atom. The largest absolute Gasteiger partial charge is 0.496 e. The van der Waals surface area contributed by atoms with Crippen LogP contribution in [0.5, 0.6) is 11.5 Å². The predicted octanol–water partition coefficient (Wildman–Crippen LogP) is 5.48. The normalized spacial score (nSPS) is 14.7. The van der Waals surface area contributed by atoms with Gasteiger partial charge in [-0.1, -0.05) is 6.07 Å². The van der Waals surface area contributed by atoms with Crippen LogP contribution in [0.1, 0.15) is 42.3 Å². The Kier molecular flexibility index (Phi) is 7.77. The van der Waals surface area contributed by atoms with E-state index in [0.29, 0.717) is 41.0 Å². The average molecular weight is 535 g/mol. The number of nitrogens with zero attached hydrogens (tertiary/aromatic N) is 3. The lowest BCUT2D eigenvalue weighted by Gasteiger charge is -2.14.